The van der Waals surface area contributed by atoms with Gasteiger partial charge >= 0.3 is 0 Å². The first-order valence-electron chi connectivity index (χ1n) is 8.05. The minimum Gasteiger partial charge on any atom is -0.375 e. The first kappa shape index (κ1) is 16.2. The number of hydrogen-bond donors (Lipinski definition) is 1. The maximum atomic E-state index is 13.6. The van der Waals surface area contributed by atoms with Crippen LogP contribution in [-0.2, 0) is 6.54 Å². The molecular weight excluding hydrogens is 265 g/mol. The van der Waals surface area contributed by atoms with Crippen LogP contribution >= 0.6 is 0 Å². The lowest BCUT2D eigenvalue weighted by Gasteiger charge is -2.15. The van der Waals surface area contributed by atoms with Crippen LogP contribution in [0, 0.1) is 5.82 Å². The summed E-state index contributed by atoms with van der Waals surface area (Å²) in [6.45, 7) is 5.66. The average molecular weight is 293 g/mol. The molecule has 1 heterocycles. The van der Waals surface area contributed by atoms with Gasteiger partial charge in [0.15, 0.2) is 0 Å². The first-order chi connectivity index (χ1) is 10.2. The lowest BCUT2D eigenvalue weighted by molar-refractivity contribution is 0.329. The molecule has 118 valence electrons. The van der Waals surface area contributed by atoms with Crippen LogP contribution in [-0.4, -0.2) is 45.2 Å². The Kier molecular flexibility index (Phi) is 6.46. The zero-order chi connectivity index (χ0) is 15.1. The van der Waals surface area contributed by atoms with Crippen molar-refractivity contribution in [1.82, 2.24) is 10.2 Å². The monoisotopic (exact) mass is 293 g/mol. The fourth-order valence-electron chi connectivity index (χ4n) is 2.84. The first-order valence-corrected chi connectivity index (χ1v) is 8.05. The highest BCUT2D eigenvalue weighted by atomic mass is 19.1. The van der Waals surface area contributed by atoms with Crippen molar-refractivity contribution < 1.29 is 4.39 Å². The Morgan fingerprint density at radius 1 is 1.19 bits per heavy atom. The Balaban J connectivity index is 1.63. The number of benzene rings is 1. The zero-order valence-corrected chi connectivity index (χ0v) is 13.4. The molecule has 0 bridgehead atoms. The average Bonchev–Trinajstić information content (AvgIpc) is 2.97. The molecule has 1 aliphatic rings. The van der Waals surface area contributed by atoms with E-state index in [0.29, 0.717) is 5.69 Å². The van der Waals surface area contributed by atoms with E-state index in [9.17, 15) is 4.39 Å². The second-order valence-corrected chi connectivity index (χ2v) is 6.11. The molecule has 3 nitrogen and oxygen atoms in total. The van der Waals surface area contributed by atoms with Crippen LogP contribution in [0.15, 0.2) is 18.2 Å². The fraction of sp³-hybridized carbons (Fsp3) is 0.647. The maximum Gasteiger partial charge on any atom is 0.146 e. The molecule has 0 unspecified atom stereocenters. The van der Waals surface area contributed by atoms with Gasteiger partial charge < -0.3 is 15.1 Å². The fourth-order valence-corrected chi connectivity index (χ4v) is 2.84. The highest BCUT2D eigenvalue weighted by molar-refractivity contribution is 5.48. The number of likely N-dealkylation sites (tertiary alicyclic amines) is 1. The van der Waals surface area contributed by atoms with Crippen LogP contribution in [0.25, 0.3) is 0 Å². The summed E-state index contributed by atoms with van der Waals surface area (Å²) < 4.78 is 13.6. The standard InChI is InChI=1S/C17H28FN3/c1-20(2)17-13-15(7-8-16(17)18)14-19-9-3-4-10-21-11-5-6-12-21/h7-8,13,19H,3-6,9-12,14H2,1-2H3. The van der Waals surface area contributed by atoms with Crippen LogP contribution in [0.2, 0.25) is 0 Å². The SMILES string of the molecule is CN(C)c1cc(CNCCCCN2CCCC2)ccc1F. The second-order valence-electron chi connectivity index (χ2n) is 6.11. The maximum absolute atomic E-state index is 13.6. The Bertz CT molecular complexity index is 428. The Morgan fingerprint density at radius 2 is 1.95 bits per heavy atom. The van der Waals surface area contributed by atoms with Gasteiger partial charge in [0.1, 0.15) is 5.82 Å². The molecular formula is C17H28FN3. The number of halogens is 1. The molecule has 21 heavy (non-hydrogen) atoms. The van der Waals surface area contributed by atoms with E-state index >= 15 is 0 Å². The molecule has 1 aromatic rings. The molecule has 1 aliphatic heterocycles. The van der Waals surface area contributed by atoms with E-state index < -0.39 is 0 Å². The van der Waals surface area contributed by atoms with Crippen LogP contribution in [0.3, 0.4) is 0 Å². The second kappa shape index (κ2) is 8.35. The third kappa shape index (κ3) is 5.29. The summed E-state index contributed by atoms with van der Waals surface area (Å²) in [6.07, 6.45) is 5.21. The van der Waals surface area contributed by atoms with Gasteiger partial charge in [-0.1, -0.05) is 6.07 Å². The van der Waals surface area contributed by atoms with Gasteiger partial charge in [-0.3, -0.25) is 0 Å². The number of hydrogen-bond acceptors (Lipinski definition) is 3. The predicted molar refractivity (Wildman–Crippen MR) is 87.3 cm³/mol. The van der Waals surface area contributed by atoms with Crippen molar-refractivity contribution in [3.63, 3.8) is 0 Å². The van der Waals surface area contributed by atoms with Gasteiger partial charge in [0, 0.05) is 20.6 Å². The van der Waals surface area contributed by atoms with Crippen molar-refractivity contribution >= 4 is 5.69 Å². The minimum atomic E-state index is -0.158. The third-order valence-corrected chi connectivity index (χ3v) is 4.10. The van der Waals surface area contributed by atoms with Crippen LogP contribution in [0.4, 0.5) is 10.1 Å². The van der Waals surface area contributed by atoms with Crippen molar-refractivity contribution in [1.29, 1.82) is 0 Å². The number of rotatable bonds is 8. The highest BCUT2D eigenvalue weighted by Crippen LogP contribution is 2.18. The molecule has 0 radical (unpaired) electrons. The number of anilines is 1. The largest absolute Gasteiger partial charge is 0.375 e. The lowest BCUT2D eigenvalue weighted by atomic mass is 10.2. The molecule has 1 fully saturated rings. The minimum absolute atomic E-state index is 0.158. The number of nitrogens with zero attached hydrogens (tertiary/aromatic N) is 2. The van der Waals surface area contributed by atoms with Gasteiger partial charge in [0.2, 0.25) is 0 Å². The molecule has 1 saturated heterocycles. The number of unbranched alkanes of at least 4 members (excludes halogenated alkanes) is 1. The third-order valence-electron chi connectivity index (χ3n) is 4.10. The van der Waals surface area contributed by atoms with Crippen molar-refractivity contribution in [2.24, 2.45) is 0 Å². The molecule has 1 aromatic carbocycles. The van der Waals surface area contributed by atoms with Gasteiger partial charge in [-0.2, -0.15) is 0 Å². The van der Waals surface area contributed by atoms with E-state index in [4.69, 9.17) is 0 Å². The Labute approximate surface area is 128 Å². The summed E-state index contributed by atoms with van der Waals surface area (Å²) in [5.74, 6) is -0.158. The van der Waals surface area contributed by atoms with Crippen molar-refractivity contribution in [2.75, 3.05) is 45.2 Å². The molecule has 2 rings (SSSR count). The lowest BCUT2D eigenvalue weighted by Crippen LogP contribution is -2.22. The molecule has 0 aliphatic carbocycles. The van der Waals surface area contributed by atoms with E-state index in [1.807, 2.05) is 31.1 Å². The molecule has 0 aromatic heterocycles. The summed E-state index contributed by atoms with van der Waals surface area (Å²) in [6, 6.07) is 5.34. The van der Waals surface area contributed by atoms with Gasteiger partial charge in [0.05, 0.1) is 5.69 Å². The van der Waals surface area contributed by atoms with Crippen molar-refractivity contribution in [2.45, 2.75) is 32.2 Å². The quantitative estimate of drug-likeness (QED) is 0.744. The summed E-state index contributed by atoms with van der Waals surface area (Å²) in [7, 11) is 3.74. The summed E-state index contributed by atoms with van der Waals surface area (Å²) in [4.78, 5) is 4.37. The van der Waals surface area contributed by atoms with E-state index in [0.717, 1.165) is 18.7 Å². The van der Waals surface area contributed by atoms with Crippen LogP contribution in [0.1, 0.15) is 31.2 Å². The molecule has 0 amide bonds. The van der Waals surface area contributed by atoms with Crippen LogP contribution < -0.4 is 10.2 Å². The van der Waals surface area contributed by atoms with Crippen molar-refractivity contribution in [3.05, 3.63) is 29.6 Å². The molecule has 1 N–H and O–H groups in total. The predicted octanol–water partition coefficient (Wildman–Crippen LogP) is 2.86. The zero-order valence-electron chi connectivity index (χ0n) is 13.4. The van der Waals surface area contributed by atoms with Crippen LogP contribution in [0.5, 0.6) is 0 Å². The molecule has 0 atom stereocenters. The molecule has 4 heteroatoms. The van der Waals surface area contributed by atoms with Gasteiger partial charge in [-0.25, -0.2) is 4.39 Å². The highest BCUT2D eigenvalue weighted by Gasteiger charge is 2.10. The topological polar surface area (TPSA) is 18.5 Å². The number of nitrogens with one attached hydrogen (secondary N) is 1. The summed E-state index contributed by atoms with van der Waals surface area (Å²) >= 11 is 0. The van der Waals surface area contributed by atoms with Gasteiger partial charge in [-0.05, 0) is 69.6 Å². The Hall–Kier alpha value is -1.13. The van der Waals surface area contributed by atoms with E-state index in [2.05, 4.69) is 10.2 Å². The molecule has 0 saturated carbocycles. The summed E-state index contributed by atoms with van der Waals surface area (Å²) in [5.41, 5.74) is 1.79. The van der Waals surface area contributed by atoms with Gasteiger partial charge in [-0.15, -0.1) is 0 Å². The van der Waals surface area contributed by atoms with E-state index in [1.54, 1.807) is 6.07 Å². The Morgan fingerprint density at radius 3 is 2.67 bits per heavy atom. The van der Waals surface area contributed by atoms with Gasteiger partial charge in [0.25, 0.3) is 0 Å². The molecule has 0 spiro atoms. The van der Waals surface area contributed by atoms with E-state index in [-0.39, 0.29) is 5.82 Å². The van der Waals surface area contributed by atoms with E-state index in [1.165, 1.54) is 45.3 Å². The smallest absolute Gasteiger partial charge is 0.146 e. The van der Waals surface area contributed by atoms with Crippen molar-refractivity contribution in [3.8, 4) is 0 Å². The summed E-state index contributed by atoms with van der Waals surface area (Å²) in [5, 5.41) is 3.45. The normalized spacial score (nSPS) is 15.6.